The zero-order valence-electron chi connectivity index (χ0n) is 18.4. The Balaban J connectivity index is 1.60. The molecule has 0 bridgehead atoms. The van der Waals surface area contributed by atoms with Crippen LogP contribution in [0.2, 0.25) is 0 Å². The zero-order valence-corrected chi connectivity index (χ0v) is 18.4. The number of aromatic nitrogens is 2. The van der Waals surface area contributed by atoms with Gasteiger partial charge in [-0.15, -0.1) is 0 Å². The minimum atomic E-state index is -4.64. The summed E-state index contributed by atoms with van der Waals surface area (Å²) >= 11 is 0. The summed E-state index contributed by atoms with van der Waals surface area (Å²) in [4.78, 5) is 21.1. The smallest absolute Gasteiger partial charge is 0.416 e. The quantitative estimate of drug-likeness (QED) is 0.481. The second-order valence-electron chi connectivity index (χ2n) is 7.42. The van der Waals surface area contributed by atoms with Crippen molar-refractivity contribution in [3.63, 3.8) is 0 Å². The lowest BCUT2D eigenvalue weighted by molar-refractivity contribution is -0.137. The fraction of sp³-hybridized carbons (Fsp3) is 0.208. The largest absolute Gasteiger partial charge is 0.483 e. The summed E-state index contributed by atoms with van der Waals surface area (Å²) in [5.74, 6) is 5.37. The van der Waals surface area contributed by atoms with Gasteiger partial charge in [0, 0.05) is 16.8 Å². The molecule has 180 valence electrons. The second-order valence-corrected chi connectivity index (χ2v) is 7.42. The lowest BCUT2D eigenvalue weighted by atomic mass is 10.1. The highest BCUT2D eigenvalue weighted by Crippen LogP contribution is 2.37. The van der Waals surface area contributed by atoms with Crippen LogP contribution in [0.5, 0.6) is 17.4 Å². The van der Waals surface area contributed by atoms with E-state index < -0.39 is 24.3 Å². The van der Waals surface area contributed by atoms with Gasteiger partial charge in [0.2, 0.25) is 5.75 Å². The maximum atomic E-state index is 13.3. The number of benzene rings is 2. The molecule has 0 atom stereocenters. The van der Waals surface area contributed by atoms with Gasteiger partial charge in [-0.1, -0.05) is 17.9 Å². The zero-order chi connectivity index (χ0) is 25.0. The number of ether oxygens (including phenoxy) is 2. The summed E-state index contributed by atoms with van der Waals surface area (Å²) < 4.78 is 51.4. The Kier molecular flexibility index (Phi) is 6.75. The Bertz CT molecular complexity index is 1330. The first-order chi connectivity index (χ1) is 16.7. The first kappa shape index (κ1) is 23.8. The van der Waals surface area contributed by atoms with Crippen molar-refractivity contribution >= 4 is 17.4 Å². The van der Waals surface area contributed by atoms with Crippen molar-refractivity contribution in [2.45, 2.75) is 13.1 Å². The monoisotopic (exact) mass is 484 g/mol. The molecule has 4 rings (SSSR count). The molecule has 35 heavy (non-hydrogen) atoms. The Labute approximate surface area is 198 Å². The van der Waals surface area contributed by atoms with Crippen molar-refractivity contribution in [3.05, 3.63) is 65.0 Å². The van der Waals surface area contributed by atoms with E-state index in [1.54, 1.807) is 13.0 Å². The van der Waals surface area contributed by atoms with Gasteiger partial charge >= 0.3 is 6.18 Å². The van der Waals surface area contributed by atoms with Gasteiger partial charge in [0.05, 0.1) is 12.1 Å². The molecule has 1 aliphatic rings. The molecule has 2 heterocycles. The number of aryl methyl sites for hydroxylation is 1. The highest BCUT2D eigenvalue weighted by atomic mass is 19.4. The summed E-state index contributed by atoms with van der Waals surface area (Å²) in [6.07, 6.45) is -3.33. The number of hydrogen-bond donors (Lipinski definition) is 3. The average molecular weight is 484 g/mol. The number of carbonyl (C=O) groups excluding carboxylic acids is 1. The van der Waals surface area contributed by atoms with Gasteiger partial charge in [-0.2, -0.15) is 18.2 Å². The number of aliphatic hydroxyl groups is 1. The lowest BCUT2D eigenvalue weighted by Gasteiger charge is -2.20. The van der Waals surface area contributed by atoms with Gasteiger partial charge in [-0.3, -0.25) is 4.79 Å². The van der Waals surface area contributed by atoms with Crippen LogP contribution in [-0.4, -0.2) is 40.7 Å². The highest BCUT2D eigenvalue weighted by molar-refractivity contribution is 6.04. The maximum Gasteiger partial charge on any atom is 0.416 e. The van der Waals surface area contributed by atoms with Crippen molar-refractivity contribution in [1.82, 2.24) is 9.97 Å². The SMILES string of the molecule is Cc1ccc(C(=O)Nc2cc(C#CCO)cc(C(F)(F)F)c2)cc1Oc1ncnc2c1OCCN2. The van der Waals surface area contributed by atoms with E-state index in [9.17, 15) is 18.0 Å². The minimum absolute atomic E-state index is 0.000696. The summed E-state index contributed by atoms with van der Waals surface area (Å²) in [6, 6.07) is 7.56. The lowest BCUT2D eigenvalue weighted by Crippen LogP contribution is -2.19. The molecule has 0 radical (unpaired) electrons. The van der Waals surface area contributed by atoms with Crippen molar-refractivity contribution in [1.29, 1.82) is 0 Å². The summed E-state index contributed by atoms with van der Waals surface area (Å²) in [5, 5.41) is 14.4. The summed E-state index contributed by atoms with van der Waals surface area (Å²) in [7, 11) is 0. The first-order valence-corrected chi connectivity index (χ1v) is 10.4. The van der Waals surface area contributed by atoms with Crippen molar-refractivity contribution in [2.24, 2.45) is 0 Å². The van der Waals surface area contributed by atoms with Gasteiger partial charge in [-0.05, 0) is 42.8 Å². The average Bonchev–Trinajstić information content (AvgIpc) is 2.83. The number of carbonyl (C=O) groups is 1. The number of anilines is 2. The van der Waals surface area contributed by atoms with Crippen molar-refractivity contribution < 1.29 is 32.5 Å². The van der Waals surface area contributed by atoms with E-state index in [0.717, 1.165) is 12.1 Å². The third kappa shape index (κ3) is 5.62. The van der Waals surface area contributed by atoms with Crippen LogP contribution in [0.4, 0.5) is 24.7 Å². The number of fused-ring (bicyclic) bond motifs is 1. The molecule has 1 aliphatic heterocycles. The molecule has 0 unspecified atom stereocenters. The van der Waals surface area contributed by atoms with Crippen LogP contribution in [0.1, 0.15) is 27.0 Å². The van der Waals surface area contributed by atoms with Gasteiger partial charge in [0.1, 0.15) is 25.3 Å². The molecule has 0 fully saturated rings. The van der Waals surface area contributed by atoms with E-state index in [1.165, 1.54) is 24.5 Å². The van der Waals surface area contributed by atoms with E-state index in [0.29, 0.717) is 36.0 Å². The Morgan fingerprint density at radius 3 is 2.86 bits per heavy atom. The van der Waals surface area contributed by atoms with Crippen LogP contribution < -0.4 is 20.1 Å². The van der Waals surface area contributed by atoms with Crippen LogP contribution in [-0.2, 0) is 6.18 Å². The number of nitrogens with zero attached hydrogens (tertiary/aromatic N) is 2. The third-order valence-corrected chi connectivity index (χ3v) is 4.90. The molecule has 3 aromatic rings. The van der Waals surface area contributed by atoms with Crippen LogP contribution in [0.25, 0.3) is 0 Å². The minimum Gasteiger partial charge on any atom is -0.483 e. The van der Waals surface area contributed by atoms with Gasteiger partial charge in [-0.25, -0.2) is 4.98 Å². The summed E-state index contributed by atoms with van der Waals surface area (Å²) in [5.41, 5.74) is -0.238. The van der Waals surface area contributed by atoms with E-state index in [2.05, 4.69) is 32.4 Å². The number of rotatable bonds is 4. The van der Waals surface area contributed by atoms with E-state index >= 15 is 0 Å². The molecule has 2 aromatic carbocycles. The molecule has 11 heteroatoms. The second kappa shape index (κ2) is 9.90. The molecule has 0 aliphatic carbocycles. The standard InChI is InChI=1S/C24H19F3N4O4/c1-14-4-5-16(11-19(14)35-23-20-21(29-13-30-23)28-6-8-34-20)22(33)31-18-10-15(3-2-7-32)9-17(12-18)24(25,26)27/h4-5,9-13,32H,6-8H2,1H3,(H,31,33)(H,28,29,30). The van der Waals surface area contributed by atoms with Crippen LogP contribution in [0.3, 0.4) is 0 Å². The molecular weight excluding hydrogens is 465 g/mol. The van der Waals surface area contributed by atoms with Crippen LogP contribution in [0.15, 0.2) is 42.7 Å². The van der Waals surface area contributed by atoms with E-state index in [1.807, 2.05) is 0 Å². The number of aliphatic hydroxyl groups excluding tert-OH is 1. The molecular formula is C24H19F3N4O4. The number of hydrogen-bond acceptors (Lipinski definition) is 7. The maximum absolute atomic E-state index is 13.3. The van der Waals surface area contributed by atoms with E-state index in [-0.39, 0.29) is 22.7 Å². The number of amides is 1. The molecule has 0 saturated carbocycles. The Morgan fingerprint density at radius 1 is 1.26 bits per heavy atom. The number of halogens is 3. The van der Waals surface area contributed by atoms with Crippen molar-refractivity contribution in [3.8, 4) is 29.2 Å². The molecule has 8 nitrogen and oxygen atoms in total. The van der Waals surface area contributed by atoms with Gasteiger partial charge < -0.3 is 25.2 Å². The molecule has 0 saturated heterocycles. The van der Waals surface area contributed by atoms with Crippen LogP contribution >= 0.6 is 0 Å². The Morgan fingerprint density at radius 2 is 2.09 bits per heavy atom. The molecule has 3 N–H and O–H groups in total. The highest BCUT2D eigenvalue weighted by Gasteiger charge is 2.31. The third-order valence-electron chi connectivity index (χ3n) is 4.90. The normalized spacial score (nSPS) is 12.4. The first-order valence-electron chi connectivity index (χ1n) is 10.4. The van der Waals surface area contributed by atoms with Gasteiger partial charge in [0.25, 0.3) is 11.8 Å². The Hall–Kier alpha value is -4.30. The van der Waals surface area contributed by atoms with Gasteiger partial charge in [0.15, 0.2) is 5.82 Å². The summed E-state index contributed by atoms with van der Waals surface area (Å²) in [6.45, 7) is 2.24. The predicted octanol–water partition coefficient (Wildman–Crippen LogP) is 4.00. The topological polar surface area (TPSA) is 106 Å². The van der Waals surface area contributed by atoms with E-state index in [4.69, 9.17) is 14.6 Å². The fourth-order valence-electron chi connectivity index (χ4n) is 3.24. The number of nitrogens with one attached hydrogen (secondary N) is 2. The van der Waals surface area contributed by atoms with Crippen molar-refractivity contribution in [2.75, 3.05) is 30.4 Å². The fourth-order valence-corrected chi connectivity index (χ4v) is 3.24. The van der Waals surface area contributed by atoms with Crippen LogP contribution in [0, 0.1) is 18.8 Å². The molecule has 1 amide bonds. The predicted molar refractivity (Wildman–Crippen MR) is 121 cm³/mol. The number of alkyl halides is 3. The molecule has 0 spiro atoms. The molecule has 1 aromatic heterocycles.